The molecule has 0 radical (unpaired) electrons. The van der Waals surface area contributed by atoms with Crippen molar-refractivity contribution in [3.05, 3.63) is 11.7 Å². The molecule has 0 aliphatic heterocycles. The summed E-state index contributed by atoms with van der Waals surface area (Å²) in [7, 11) is 0. The third-order valence-electron chi connectivity index (χ3n) is 2.96. The van der Waals surface area contributed by atoms with Gasteiger partial charge < -0.3 is 14.9 Å². The van der Waals surface area contributed by atoms with Gasteiger partial charge in [-0.1, -0.05) is 19.0 Å². The number of carbonyl (C=O) groups is 1. The van der Waals surface area contributed by atoms with E-state index in [-0.39, 0.29) is 18.6 Å². The summed E-state index contributed by atoms with van der Waals surface area (Å²) in [6.45, 7) is 5.91. The van der Waals surface area contributed by atoms with Crippen LogP contribution in [0.1, 0.15) is 44.8 Å². The molecule has 0 saturated carbocycles. The first-order chi connectivity index (χ1) is 9.02. The summed E-state index contributed by atoms with van der Waals surface area (Å²) in [5.74, 6) is 1.50. The Morgan fingerprint density at radius 3 is 2.74 bits per heavy atom. The Labute approximate surface area is 113 Å². The van der Waals surface area contributed by atoms with E-state index in [4.69, 9.17) is 9.63 Å². The van der Waals surface area contributed by atoms with Gasteiger partial charge in [0.2, 0.25) is 11.8 Å². The van der Waals surface area contributed by atoms with E-state index in [9.17, 15) is 4.79 Å². The van der Waals surface area contributed by atoms with Crippen molar-refractivity contribution < 1.29 is 14.4 Å². The second-order valence-electron chi connectivity index (χ2n) is 5.02. The lowest BCUT2D eigenvalue weighted by atomic mass is 10.0. The number of amides is 1. The van der Waals surface area contributed by atoms with E-state index in [0.29, 0.717) is 43.3 Å². The lowest BCUT2D eigenvalue weighted by molar-refractivity contribution is -0.122. The molecule has 6 nitrogen and oxygen atoms in total. The molecule has 0 aromatic carbocycles. The average Bonchev–Trinajstić information content (AvgIpc) is 2.74. The number of carbonyl (C=O) groups excluding carboxylic acids is 1. The van der Waals surface area contributed by atoms with Crippen molar-refractivity contribution in [3.63, 3.8) is 0 Å². The summed E-state index contributed by atoms with van der Waals surface area (Å²) in [5.41, 5.74) is 0. The maximum atomic E-state index is 11.8. The molecule has 19 heavy (non-hydrogen) atoms. The molecule has 0 saturated heterocycles. The van der Waals surface area contributed by atoms with E-state index < -0.39 is 0 Å². The molecule has 1 atom stereocenters. The van der Waals surface area contributed by atoms with Crippen LogP contribution >= 0.6 is 0 Å². The topological polar surface area (TPSA) is 88.2 Å². The van der Waals surface area contributed by atoms with E-state index >= 15 is 0 Å². The van der Waals surface area contributed by atoms with Crippen LogP contribution in [0.5, 0.6) is 0 Å². The highest BCUT2D eigenvalue weighted by Gasteiger charge is 2.15. The fraction of sp³-hybridized carbons (Fsp3) is 0.769. The average molecular weight is 269 g/mol. The monoisotopic (exact) mass is 269 g/mol. The second-order valence-corrected chi connectivity index (χ2v) is 5.02. The first-order valence-electron chi connectivity index (χ1n) is 6.72. The Balaban J connectivity index is 2.26. The van der Waals surface area contributed by atoms with Gasteiger partial charge in [0.25, 0.3) is 0 Å². The van der Waals surface area contributed by atoms with Gasteiger partial charge in [-0.3, -0.25) is 4.79 Å². The molecule has 1 rings (SSSR count). The van der Waals surface area contributed by atoms with E-state index in [1.54, 1.807) is 6.92 Å². The zero-order valence-corrected chi connectivity index (χ0v) is 11.8. The highest BCUT2D eigenvalue weighted by molar-refractivity contribution is 5.76. The Morgan fingerprint density at radius 1 is 1.47 bits per heavy atom. The van der Waals surface area contributed by atoms with Gasteiger partial charge in [-0.2, -0.15) is 4.98 Å². The number of aliphatic hydroxyl groups excluding tert-OH is 1. The normalized spacial score (nSPS) is 12.7. The van der Waals surface area contributed by atoms with Crippen molar-refractivity contribution in [2.24, 2.45) is 5.92 Å². The zero-order chi connectivity index (χ0) is 14.3. The number of aliphatic hydroxyl groups is 1. The van der Waals surface area contributed by atoms with Crippen LogP contribution in [0.25, 0.3) is 0 Å². The number of hydrogen-bond donors (Lipinski definition) is 2. The number of nitrogens with zero attached hydrogens (tertiary/aromatic N) is 2. The van der Waals surface area contributed by atoms with Crippen LogP contribution in [0, 0.1) is 12.8 Å². The SMILES string of the molecule is Cc1noc(CCCC(=O)NC(CCO)C(C)C)n1. The highest BCUT2D eigenvalue weighted by atomic mass is 16.5. The number of rotatable bonds is 8. The minimum Gasteiger partial charge on any atom is -0.396 e. The van der Waals surface area contributed by atoms with Crippen LogP contribution in [0.15, 0.2) is 4.52 Å². The van der Waals surface area contributed by atoms with Crippen LogP contribution in [0.2, 0.25) is 0 Å². The van der Waals surface area contributed by atoms with Gasteiger partial charge in [-0.05, 0) is 25.7 Å². The van der Waals surface area contributed by atoms with Crippen molar-refractivity contribution in [1.82, 2.24) is 15.5 Å². The van der Waals surface area contributed by atoms with E-state index in [2.05, 4.69) is 15.5 Å². The largest absolute Gasteiger partial charge is 0.396 e. The summed E-state index contributed by atoms with van der Waals surface area (Å²) in [4.78, 5) is 15.9. The van der Waals surface area contributed by atoms with Gasteiger partial charge >= 0.3 is 0 Å². The molecule has 1 amide bonds. The Kier molecular flexibility index (Phi) is 6.49. The van der Waals surface area contributed by atoms with Crippen molar-refractivity contribution in [3.8, 4) is 0 Å². The van der Waals surface area contributed by atoms with Crippen molar-refractivity contribution in [2.45, 2.75) is 52.5 Å². The maximum absolute atomic E-state index is 11.8. The lowest BCUT2D eigenvalue weighted by Crippen LogP contribution is -2.39. The molecule has 1 unspecified atom stereocenters. The Hall–Kier alpha value is -1.43. The van der Waals surface area contributed by atoms with Crippen LogP contribution in [-0.4, -0.2) is 33.8 Å². The van der Waals surface area contributed by atoms with Gasteiger partial charge in [-0.25, -0.2) is 0 Å². The molecule has 0 bridgehead atoms. The lowest BCUT2D eigenvalue weighted by Gasteiger charge is -2.21. The highest BCUT2D eigenvalue weighted by Crippen LogP contribution is 2.07. The van der Waals surface area contributed by atoms with Crippen LogP contribution in [-0.2, 0) is 11.2 Å². The molecule has 1 aromatic heterocycles. The van der Waals surface area contributed by atoms with Crippen LogP contribution < -0.4 is 5.32 Å². The summed E-state index contributed by atoms with van der Waals surface area (Å²) >= 11 is 0. The summed E-state index contributed by atoms with van der Waals surface area (Å²) in [6, 6.07) is 0.0307. The summed E-state index contributed by atoms with van der Waals surface area (Å²) < 4.78 is 4.98. The molecule has 108 valence electrons. The number of nitrogens with one attached hydrogen (secondary N) is 1. The van der Waals surface area contributed by atoms with Crippen molar-refractivity contribution in [2.75, 3.05) is 6.61 Å². The number of aryl methyl sites for hydroxylation is 2. The predicted octanol–water partition coefficient (Wildman–Crippen LogP) is 1.22. The summed E-state index contributed by atoms with van der Waals surface area (Å²) in [6.07, 6.45) is 2.31. The molecule has 1 heterocycles. The molecule has 0 spiro atoms. The molecule has 0 aliphatic rings. The zero-order valence-electron chi connectivity index (χ0n) is 11.8. The molecule has 6 heteroatoms. The molecular weight excluding hydrogens is 246 g/mol. The van der Waals surface area contributed by atoms with E-state index in [0.717, 1.165) is 0 Å². The maximum Gasteiger partial charge on any atom is 0.226 e. The van der Waals surface area contributed by atoms with Crippen molar-refractivity contribution >= 4 is 5.91 Å². The standard InChI is InChI=1S/C13H23N3O3/c1-9(2)11(7-8-17)15-12(18)5-4-6-13-14-10(3)16-19-13/h9,11,17H,4-8H2,1-3H3,(H,15,18). The molecule has 1 aromatic rings. The van der Waals surface area contributed by atoms with Crippen LogP contribution in [0.3, 0.4) is 0 Å². The van der Waals surface area contributed by atoms with Gasteiger partial charge in [0.05, 0.1) is 0 Å². The third kappa shape index (κ3) is 5.83. The first kappa shape index (κ1) is 15.6. The van der Waals surface area contributed by atoms with Gasteiger partial charge in [0.1, 0.15) is 0 Å². The van der Waals surface area contributed by atoms with Gasteiger partial charge in [0, 0.05) is 25.5 Å². The minimum atomic E-state index is 0.00314. The summed E-state index contributed by atoms with van der Waals surface area (Å²) in [5, 5.41) is 15.6. The number of hydrogen-bond acceptors (Lipinski definition) is 5. The smallest absolute Gasteiger partial charge is 0.226 e. The first-order valence-corrected chi connectivity index (χ1v) is 6.72. The Bertz CT molecular complexity index is 390. The van der Waals surface area contributed by atoms with Crippen molar-refractivity contribution in [1.29, 1.82) is 0 Å². The minimum absolute atomic E-state index is 0.00314. The number of aromatic nitrogens is 2. The molecule has 0 fully saturated rings. The second kappa shape index (κ2) is 7.89. The predicted molar refractivity (Wildman–Crippen MR) is 70.4 cm³/mol. The third-order valence-corrected chi connectivity index (χ3v) is 2.96. The van der Waals surface area contributed by atoms with Gasteiger partial charge in [0.15, 0.2) is 5.82 Å². The van der Waals surface area contributed by atoms with E-state index in [1.807, 2.05) is 13.8 Å². The molecule has 0 aliphatic carbocycles. The van der Waals surface area contributed by atoms with E-state index in [1.165, 1.54) is 0 Å². The van der Waals surface area contributed by atoms with Crippen LogP contribution in [0.4, 0.5) is 0 Å². The Morgan fingerprint density at radius 2 is 2.21 bits per heavy atom. The molecule has 2 N–H and O–H groups in total. The fourth-order valence-electron chi connectivity index (χ4n) is 1.83. The van der Waals surface area contributed by atoms with Gasteiger partial charge in [-0.15, -0.1) is 0 Å². The fourth-order valence-corrected chi connectivity index (χ4v) is 1.83. The quantitative estimate of drug-likeness (QED) is 0.741. The molecular formula is C13H23N3O3.